The summed E-state index contributed by atoms with van der Waals surface area (Å²) in [6.45, 7) is 0. The van der Waals surface area contributed by atoms with Gasteiger partial charge in [0.1, 0.15) is 5.25 Å². The van der Waals surface area contributed by atoms with Gasteiger partial charge in [0.15, 0.2) is 15.5 Å². The zero-order valence-corrected chi connectivity index (χ0v) is 16.2. The summed E-state index contributed by atoms with van der Waals surface area (Å²) in [6.07, 6.45) is 0. The third-order valence-electron chi connectivity index (χ3n) is 4.61. The summed E-state index contributed by atoms with van der Waals surface area (Å²) < 4.78 is 5.69. The van der Waals surface area contributed by atoms with Crippen LogP contribution < -0.4 is 10.5 Å². The van der Waals surface area contributed by atoms with Gasteiger partial charge in [-0.2, -0.15) is 4.90 Å². The normalized spacial score (nSPS) is 23.9. The highest BCUT2D eigenvalue weighted by molar-refractivity contribution is 8.00. The first-order chi connectivity index (χ1) is 12.8. The van der Waals surface area contributed by atoms with Crippen LogP contribution in [0, 0.1) is 9.87 Å². The summed E-state index contributed by atoms with van der Waals surface area (Å²) in [4.78, 5) is 41.5. The number of carbonyl (C=O) groups excluding carboxylic acids is 3. The molecule has 0 bridgehead atoms. The van der Waals surface area contributed by atoms with Crippen LogP contribution in [0.5, 0.6) is 11.5 Å². The molecule has 1 saturated heterocycles. The summed E-state index contributed by atoms with van der Waals surface area (Å²) in [5.74, 6) is -2.40. The lowest BCUT2D eigenvalue weighted by molar-refractivity contribution is -0.135. The number of nitrogens with two attached hydrogens (primary N) is 1. The molecule has 0 radical (unpaired) electrons. The molecule has 0 spiro atoms. The number of thioether (sulfide) groups is 1. The molecule has 1 aromatic heterocycles. The summed E-state index contributed by atoms with van der Waals surface area (Å²) in [5.41, 5.74) is 5.91. The van der Waals surface area contributed by atoms with Crippen LogP contribution in [-0.2, 0) is 9.59 Å². The maximum absolute atomic E-state index is 12.9. The lowest BCUT2D eigenvalue weighted by Crippen LogP contribution is -2.41. The fourth-order valence-electron chi connectivity index (χ4n) is 3.48. The number of aromatic hydroxyl groups is 1. The van der Waals surface area contributed by atoms with Gasteiger partial charge in [0.25, 0.3) is 5.91 Å². The molecule has 1 fully saturated rings. The number of ether oxygens (including phenoxy) is 1. The quantitative estimate of drug-likeness (QED) is 0.499. The maximum atomic E-state index is 12.9. The van der Waals surface area contributed by atoms with Gasteiger partial charge < -0.3 is 20.6 Å². The molecule has 8 nitrogen and oxygen atoms in total. The van der Waals surface area contributed by atoms with E-state index in [1.165, 1.54) is 36.3 Å². The highest BCUT2D eigenvalue weighted by Crippen LogP contribution is 2.53. The molecule has 2 aliphatic heterocycles. The summed E-state index contributed by atoms with van der Waals surface area (Å²) in [5, 5.41) is 9.79. The van der Waals surface area contributed by atoms with Crippen LogP contribution in [0.15, 0.2) is 23.2 Å². The fourth-order valence-corrected chi connectivity index (χ4v) is 6.44. The molecule has 3 atom stereocenters. The Morgan fingerprint density at radius 3 is 2.78 bits per heavy atom. The van der Waals surface area contributed by atoms with E-state index in [9.17, 15) is 19.5 Å². The Balaban J connectivity index is 1.91. The van der Waals surface area contributed by atoms with E-state index in [0.29, 0.717) is 19.4 Å². The summed E-state index contributed by atoms with van der Waals surface area (Å²) in [6, 6.07) is 3.65. The second kappa shape index (κ2) is 6.36. The van der Waals surface area contributed by atoms with Crippen molar-refractivity contribution in [3.8, 4) is 11.5 Å². The molecule has 140 valence electrons. The molecular formula is C16H13N3O5S3. The molecule has 11 heteroatoms. The monoisotopic (exact) mass is 423 g/mol. The first-order valence-corrected chi connectivity index (χ1v) is 9.87. The number of phenolic OH excluding ortho intramolecular Hbond substituents is 1. The van der Waals surface area contributed by atoms with Crippen LogP contribution in [0.1, 0.15) is 16.4 Å². The number of carbonyl (C=O) groups is 3. The zero-order valence-electron chi connectivity index (χ0n) is 13.8. The number of thiazole rings is 1. The van der Waals surface area contributed by atoms with E-state index in [1.54, 1.807) is 12.1 Å². The number of phenols is 1. The zero-order chi connectivity index (χ0) is 19.5. The minimum absolute atomic E-state index is 0.0440. The van der Waals surface area contributed by atoms with Crippen molar-refractivity contribution in [2.75, 3.05) is 7.11 Å². The van der Waals surface area contributed by atoms with E-state index in [2.05, 4.69) is 4.98 Å². The predicted molar refractivity (Wildman–Crippen MR) is 101 cm³/mol. The first-order valence-electron chi connectivity index (χ1n) is 7.77. The number of urea groups is 1. The highest BCUT2D eigenvalue weighted by atomic mass is 32.2. The van der Waals surface area contributed by atoms with Crippen LogP contribution in [-0.4, -0.2) is 45.2 Å². The topological polar surface area (TPSA) is 126 Å². The molecule has 4 rings (SSSR count). The van der Waals surface area contributed by atoms with Crippen LogP contribution in [0.3, 0.4) is 0 Å². The minimum Gasteiger partial charge on any atom is -0.504 e. The highest BCUT2D eigenvalue weighted by Gasteiger charge is 2.57. The number of rotatable bonds is 2. The van der Waals surface area contributed by atoms with E-state index < -0.39 is 34.9 Å². The van der Waals surface area contributed by atoms with Gasteiger partial charge in [0, 0.05) is 10.8 Å². The number of hydrogen-bond donors (Lipinski definition) is 3. The second-order valence-corrected chi connectivity index (χ2v) is 8.90. The van der Waals surface area contributed by atoms with Gasteiger partial charge in [-0.25, -0.2) is 4.79 Å². The van der Waals surface area contributed by atoms with Crippen molar-refractivity contribution in [1.29, 1.82) is 0 Å². The molecule has 1 aromatic carbocycles. The van der Waals surface area contributed by atoms with Gasteiger partial charge in [0.05, 0.1) is 18.1 Å². The van der Waals surface area contributed by atoms with E-state index in [0.717, 1.165) is 4.88 Å². The second-order valence-electron chi connectivity index (χ2n) is 6.03. The number of aromatic nitrogens is 1. The van der Waals surface area contributed by atoms with Gasteiger partial charge in [-0.15, -0.1) is 11.3 Å². The van der Waals surface area contributed by atoms with Crippen molar-refractivity contribution in [3.63, 3.8) is 0 Å². The fraction of sp³-hybridized carbons (Fsp3) is 0.250. The van der Waals surface area contributed by atoms with Crippen molar-refractivity contribution in [3.05, 3.63) is 32.6 Å². The van der Waals surface area contributed by atoms with Crippen LogP contribution in [0.2, 0.25) is 0 Å². The first kappa shape index (κ1) is 18.0. The third-order valence-corrected chi connectivity index (χ3v) is 7.36. The van der Waals surface area contributed by atoms with Crippen molar-refractivity contribution >= 4 is 53.2 Å². The number of H-pyrrole nitrogens is 1. The Bertz CT molecular complexity index is 1050. The minimum atomic E-state index is -1.08. The maximum Gasteiger partial charge on any atom is 0.328 e. The van der Waals surface area contributed by atoms with Gasteiger partial charge in [-0.1, -0.05) is 17.8 Å². The standard InChI is InChI=1S/C16H13N3O5S3/c1-24-7-4-5(2-3-6(7)20)8-9-11(14(22)19(13(9)21)15(17)23)26-12-10(8)27-16(25)18-12/h2-4,8-9,11,20H,1H3,(H2,17,23)(H,18,25). The molecule has 0 aliphatic carbocycles. The molecule has 3 unspecified atom stereocenters. The predicted octanol–water partition coefficient (Wildman–Crippen LogP) is 2.19. The van der Waals surface area contributed by atoms with E-state index in [-0.39, 0.29) is 11.5 Å². The lowest BCUT2D eigenvalue weighted by atomic mass is 9.83. The van der Waals surface area contributed by atoms with Gasteiger partial charge in [0.2, 0.25) is 5.91 Å². The van der Waals surface area contributed by atoms with Crippen LogP contribution in [0.25, 0.3) is 0 Å². The Morgan fingerprint density at radius 2 is 2.11 bits per heavy atom. The van der Waals surface area contributed by atoms with E-state index >= 15 is 0 Å². The molecule has 3 heterocycles. The third kappa shape index (κ3) is 2.65. The number of hydrogen-bond acceptors (Lipinski definition) is 8. The van der Waals surface area contributed by atoms with Gasteiger partial charge in [-0.3, -0.25) is 9.59 Å². The SMILES string of the molecule is COc1cc(C2c3sc(=S)[nH]c3SC3C(=O)N(C(N)=O)C(=O)C32)ccc1O. The average molecular weight is 423 g/mol. The van der Waals surface area contributed by atoms with Crippen molar-refractivity contribution in [1.82, 2.24) is 9.88 Å². The Hall–Kier alpha value is -2.37. The van der Waals surface area contributed by atoms with Gasteiger partial charge >= 0.3 is 6.03 Å². The Morgan fingerprint density at radius 1 is 1.37 bits per heavy atom. The van der Waals surface area contributed by atoms with Crippen molar-refractivity contribution < 1.29 is 24.2 Å². The number of amides is 4. The number of benzene rings is 1. The molecule has 27 heavy (non-hydrogen) atoms. The number of aromatic amines is 1. The lowest BCUT2D eigenvalue weighted by Gasteiger charge is -2.30. The summed E-state index contributed by atoms with van der Waals surface area (Å²) in [7, 11) is 1.42. The molecule has 0 saturated carbocycles. The van der Waals surface area contributed by atoms with E-state index in [4.69, 9.17) is 22.7 Å². The molecule has 4 amide bonds. The number of methoxy groups -OCH3 is 1. The molecular weight excluding hydrogens is 410 g/mol. The van der Waals surface area contributed by atoms with Gasteiger partial charge in [-0.05, 0) is 29.9 Å². The largest absolute Gasteiger partial charge is 0.504 e. The number of imide groups is 3. The van der Waals surface area contributed by atoms with Crippen LogP contribution >= 0.6 is 35.3 Å². The van der Waals surface area contributed by atoms with Crippen molar-refractivity contribution in [2.45, 2.75) is 16.2 Å². The number of likely N-dealkylation sites (tertiary alicyclic amines) is 1. The summed E-state index contributed by atoms with van der Waals surface area (Å²) >= 11 is 7.73. The Labute approximate surface area is 166 Å². The Kier molecular flexibility index (Phi) is 4.24. The molecule has 2 aliphatic rings. The molecule has 4 N–H and O–H groups in total. The number of fused-ring (bicyclic) bond motifs is 2. The van der Waals surface area contributed by atoms with E-state index in [1.807, 2.05) is 0 Å². The van der Waals surface area contributed by atoms with Crippen molar-refractivity contribution in [2.24, 2.45) is 11.7 Å². The average Bonchev–Trinajstić information content (AvgIpc) is 3.10. The number of nitrogens with zero attached hydrogens (tertiary/aromatic N) is 1. The number of primary amides is 1. The smallest absolute Gasteiger partial charge is 0.328 e. The van der Waals surface area contributed by atoms with Crippen LogP contribution in [0.4, 0.5) is 4.79 Å². The number of nitrogens with one attached hydrogen (secondary N) is 1. The molecule has 2 aromatic rings.